The molecule has 74 valence electrons. The Bertz CT molecular complexity index is 432. The SMILES string of the molecule is C=Cc1oc(=O)c(C)c(OI)c1C=C. The highest BCUT2D eigenvalue weighted by atomic mass is 127. The standard InChI is InChI=1S/C10H9IO3/c1-4-7-8(5-2)13-10(12)6(3)9(7)14-11/h4-5H,1-2H2,3H3. The van der Waals surface area contributed by atoms with E-state index >= 15 is 0 Å². The minimum atomic E-state index is -0.419. The Morgan fingerprint density at radius 2 is 2.07 bits per heavy atom. The van der Waals surface area contributed by atoms with Crippen molar-refractivity contribution in [3.63, 3.8) is 0 Å². The predicted molar refractivity (Wildman–Crippen MR) is 64.5 cm³/mol. The normalized spacial score (nSPS) is 9.57. The Labute approximate surface area is 95.8 Å². The van der Waals surface area contributed by atoms with E-state index in [1.807, 2.05) is 0 Å². The Balaban J connectivity index is 3.66. The van der Waals surface area contributed by atoms with Crippen molar-refractivity contribution in [3.05, 3.63) is 40.5 Å². The average molecular weight is 304 g/mol. The predicted octanol–water partition coefficient (Wildman–Crippen LogP) is 2.96. The van der Waals surface area contributed by atoms with Gasteiger partial charge in [0.05, 0.1) is 11.1 Å². The second kappa shape index (κ2) is 4.45. The van der Waals surface area contributed by atoms with Gasteiger partial charge in [-0.1, -0.05) is 19.2 Å². The number of hydrogen-bond acceptors (Lipinski definition) is 3. The van der Waals surface area contributed by atoms with Crippen molar-refractivity contribution in [2.75, 3.05) is 0 Å². The van der Waals surface area contributed by atoms with E-state index in [0.717, 1.165) is 0 Å². The molecule has 0 aliphatic heterocycles. The lowest BCUT2D eigenvalue weighted by atomic mass is 10.1. The van der Waals surface area contributed by atoms with E-state index in [9.17, 15) is 4.79 Å². The highest BCUT2D eigenvalue weighted by Crippen LogP contribution is 2.27. The molecule has 0 radical (unpaired) electrons. The minimum Gasteiger partial charge on any atom is -0.426 e. The van der Waals surface area contributed by atoms with Gasteiger partial charge in [-0.15, -0.1) is 0 Å². The minimum absolute atomic E-state index is 0.377. The third-order valence-electron chi connectivity index (χ3n) is 1.83. The first-order chi connectivity index (χ1) is 6.65. The third-order valence-corrected chi connectivity index (χ3v) is 2.27. The maximum atomic E-state index is 11.3. The molecule has 1 aromatic rings. The number of halogens is 1. The summed E-state index contributed by atoms with van der Waals surface area (Å²) in [4.78, 5) is 11.3. The molecule has 0 saturated heterocycles. The van der Waals surface area contributed by atoms with Crippen molar-refractivity contribution in [2.24, 2.45) is 0 Å². The lowest BCUT2D eigenvalue weighted by Crippen LogP contribution is -2.07. The molecular weight excluding hydrogens is 295 g/mol. The quantitative estimate of drug-likeness (QED) is 0.806. The number of rotatable bonds is 3. The highest BCUT2D eigenvalue weighted by Gasteiger charge is 2.13. The summed E-state index contributed by atoms with van der Waals surface area (Å²) in [7, 11) is 0. The first kappa shape index (κ1) is 11.0. The van der Waals surface area contributed by atoms with Gasteiger partial charge in [-0.25, -0.2) is 4.79 Å². The van der Waals surface area contributed by atoms with Crippen LogP contribution in [0.15, 0.2) is 22.4 Å². The molecule has 0 fully saturated rings. The molecule has 0 aliphatic rings. The summed E-state index contributed by atoms with van der Waals surface area (Å²) >= 11 is 1.71. The van der Waals surface area contributed by atoms with Crippen molar-refractivity contribution >= 4 is 35.2 Å². The lowest BCUT2D eigenvalue weighted by Gasteiger charge is -2.07. The van der Waals surface area contributed by atoms with E-state index in [1.165, 1.54) is 6.08 Å². The molecule has 0 saturated carbocycles. The summed E-state index contributed by atoms with van der Waals surface area (Å²) < 4.78 is 10.1. The maximum absolute atomic E-state index is 11.3. The first-order valence-electron chi connectivity index (χ1n) is 3.86. The molecule has 3 nitrogen and oxygen atoms in total. The van der Waals surface area contributed by atoms with Crippen molar-refractivity contribution < 1.29 is 7.48 Å². The van der Waals surface area contributed by atoms with Gasteiger partial charge < -0.3 is 7.48 Å². The van der Waals surface area contributed by atoms with Crippen LogP contribution in [0.1, 0.15) is 16.9 Å². The molecule has 1 aromatic heterocycles. The van der Waals surface area contributed by atoms with Gasteiger partial charge in [-0.05, 0) is 13.0 Å². The Morgan fingerprint density at radius 1 is 1.43 bits per heavy atom. The van der Waals surface area contributed by atoms with Gasteiger partial charge in [0.1, 0.15) is 5.76 Å². The molecular formula is C10H9IO3. The van der Waals surface area contributed by atoms with Crippen LogP contribution in [0.3, 0.4) is 0 Å². The fourth-order valence-corrected chi connectivity index (χ4v) is 1.65. The summed E-state index contributed by atoms with van der Waals surface area (Å²) in [6, 6.07) is 0. The van der Waals surface area contributed by atoms with E-state index in [0.29, 0.717) is 22.6 Å². The molecule has 4 heteroatoms. The molecule has 14 heavy (non-hydrogen) atoms. The molecule has 0 aliphatic carbocycles. The third kappa shape index (κ3) is 1.75. The van der Waals surface area contributed by atoms with Crippen LogP contribution in [0.25, 0.3) is 12.2 Å². The van der Waals surface area contributed by atoms with Crippen LogP contribution >= 0.6 is 23.0 Å². The van der Waals surface area contributed by atoms with E-state index in [2.05, 4.69) is 13.2 Å². The molecule has 0 unspecified atom stereocenters. The van der Waals surface area contributed by atoms with Crippen LogP contribution in [-0.2, 0) is 0 Å². The summed E-state index contributed by atoms with van der Waals surface area (Å²) in [5.74, 6) is 0.856. The van der Waals surface area contributed by atoms with Crippen molar-refractivity contribution in [1.29, 1.82) is 0 Å². The van der Waals surface area contributed by atoms with Crippen molar-refractivity contribution in [1.82, 2.24) is 0 Å². The van der Waals surface area contributed by atoms with Crippen LogP contribution in [0.2, 0.25) is 0 Å². The summed E-state index contributed by atoms with van der Waals surface area (Å²) in [6.07, 6.45) is 3.03. The lowest BCUT2D eigenvalue weighted by molar-refractivity contribution is 0.485. The molecule has 0 atom stereocenters. The Morgan fingerprint density at radius 3 is 2.50 bits per heavy atom. The number of hydrogen-bond donors (Lipinski definition) is 0. The van der Waals surface area contributed by atoms with Gasteiger partial charge >= 0.3 is 5.63 Å². The van der Waals surface area contributed by atoms with Crippen LogP contribution < -0.4 is 8.69 Å². The topological polar surface area (TPSA) is 39.4 Å². The van der Waals surface area contributed by atoms with Crippen LogP contribution in [0, 0.1) is 6.92 Å². The molecule has 0 spiro atoms. The van der Waals surface area contributed by atoms with E-state index in [4.69, 9.17) is 7.48 Å². The molecule has 1 rings (SSSR count). The zero-order valence-corrected chi connectivity index (χ0v) is 9.83. The van der Waals surface area contributed by atoms with Gasteiger partial charge in [0.15, 0.2) is 28.8 Å². The summed E-state index contributed by atoms with van der Waals surface area (Å²) in [6.45, 7) is 8.81. The van der Waals surface area contributed by atoms with E-state index in [-0.39, 0.29) is 0 Å². The van der Waals surface area contributed by atoms with Gasteiger partial charge in [0.2, 0.25) is 0 Å². The van der Waals surface area contributed by atoms with E-state index < -0.39 is 5.63 Å². The van der Waals surface area contributed by atoms with Crippen LogP contribution in [-0.4, -0.2) is 0 Å². The fraction of sp³-hybridized carbons (Fsp3) is 0.100. The molecule has 0 N–H and O–H groups in total. The van der Waals surface area contributed by atoms with Crippen LogP contribution in [0.5, 0.6) is 5.75 Å². The zero-order chi connectivity index (χ0) is 10.7. The second-order valence-corrected chi connectivity index (χ2v) is 3.05. The smallest absolute Gasteiger partial charge is 0.342 e. The highest BCUT2D eigenvalue weighted by molar-refractivity contribution is 14.1. The van der Waals surface area contributed by atoms with Crippen molar-refractivity contribution in [3.8, 4) is 5.75 Å². The average Bonchev–Trinajstić information content (AvgIpc) is 2.20. The van der Waals surface area contributed by atoms with Crippen molar-refractivity contribution in [2.45, 2.75) is 6.92 Å². The second-order valence-electron chi connectivity index (χ2n) is 2.61. The molecule has 0 bridgehead atoms. The van der Waals surface area contributed by atoms with E-state index in [1.54, 1.807) is 36.0 Å². The maximum Gasteiger partial charge on any atom is 0.342 e. The monoisotopic (exact) mass is 304 g/mol. The summed E-state index contributed by atoms with van der Waals surface area (Å²) in [5, 5.41) is 0. The molecule has 1 heterocycles. The van der Waals surface area contributed by atoms with Gasteiger partial charge in [-0.2, -0.15) is 0 Å². The van der Waals surface area contributed by atoms with Gasteiger partial charge in [0.25, 0.3) is 0 Å². The Hall–Kier alpha value is -1.04. The van der Waals surface area contributed by atoms with Crippen LogP contribution in [0.4, 0.5) is 0 Å². The molecule has 0 aromatic carbocycles. The first-order valence-corrected chi connectivity index (χ1v) is 4.75. The molecule has 0 amide bonds. The fourth-order valence-electron chi connectivity index (χ4n) is 1.08. The van der Waals surface area contributed by atoms with Gasteiger partial charge in [-0.3, -0.25) is 0 Å². The largest absolute Gasteiger partial charge is 0.426 e. The Kier molecular flexibility index (Phi) is 3.51. The summed E-state index contributed by atoms with van der Waals surface area (Å²) in [5.41, 5.74) is 0.656. The zero-order valence-electron chi connectivity index (χ0n) is 7.67. The van der Waals surface area contributed by atoms with Gasteiger partial charge in [0, 0.05) is 0 Å².